The average Bonchev–Trinajstić information content (AvgIpc) is 3.68. The number of likely N-dealkylation sites (tertiary alicyclic amines) is 1. The minimum absolute atomic E-state index is 0.0559. The number of benzene rings is 1. The summed E-state index contributed by atoms with van der Waals surface area (Å²) in [6.45, 7) is 4.29. The molecule has 3 fully saturated rings. The van der Waals surface area contributed by atoms with Gasteiger partial charge in [-0.3, -0.25) is 4.79 Å². The van der Waals surface area contributed by atoms with Crippen molar-refractivity contribution in [2.24, 2.45) is 11.8 Å². The smallest absolute Gasteiger partial charge is 0.326 e. The van der Waals surface area contributed by atoms with Crippen LogP contribution in [0.25, 0.3) is 0 Å². The van der Waals surface area contributed by atoms with Crippen molar-refractivity contribution >= 4 is 11.9 Å². The van der Waals surface area contributed by atoms with Crippen LogP contribution in [0, 0.1) is 11.8 Å². The summed E-state index contributed by atoms with van der Waals surface area (Å²) in [5, 5.41) is 14.5. The van der Waals surface area contributed by atoms with Gasteiger partial charge in [-0.25, -0.2) is 9.78 Å². The van der Waals surface area contributed by atoms with Gasteiger partial charge in [-0.2, -0.15) is 0 Å². The number of methoxy groups -OCH3 is 2. The third-order valence-electron chi connectivity index (χ3n) is 10.1. The molecule has 2 aliphatic carbocycles. The summed E-state index contributed by atoms with van der Waals surface area (Å²) in [4.78, 5) is 33.8. The Morgan fingerprint density at radius 2 is 1.67 bits per heavy atom. The van der Waals surface area contributed by atoms with E-state index in [0.717, 1.165) is 43.2 Å². The number of amides is 1. The normalized spacial score (nSPS) is 25.6. The average molecular weight is 578 g/mol. The molecule has 3 aliphatic rings. The van der Waals surface area contributed by atoms with Gasteiger partial charge in [-0.1, -0.05) is 62.4 Å². The molecule has 0 unspecified atom stereocenters. The van der Waals surface area contributed by atoms with E-state index in [1.54, 1.807) is 19.1 Å². The van der Waals surface area contributed by atoms with Crippen LogP contribution >= 0.6 is 0 Å². The van der Waals surface area contributed by atoms with Crippen LogP contribution in [0.4, 0.5) is 0 Å². The van der Waals surface area contributed by atoms with E-state index in [-0.39, 0.29) is 11.8 Å². The molecule has 42 heavy (non-hydrogen) atoms. The van der Waals surface area contributed by atoms with Gasteiger partial charge < -0.3 is 24.8 Å². The first-order chi connectivity index (χ1) is 20.3. The van der Waals surface area contributed by atoms with Crippen LogP contribution in [0.1, 0.15) is 100 Å². The molecule has 5 rings (SSSR count). The third kappa shape index (κ3) is 6.06. The van der Waals surface area contributed by atoms with E-state index in [2.05, 4.69) is 16.4 Å². The van der Waals surface area contributed by atoms with Crippen LogP contribution in [-0.4, -0.2) is 58.8 Å². The minimum Gasteiger partial charge on any atom is -0.481 e. The summed E-state index contributed by atoms with van der Waals surface area (Å²) in [7, 11) is 3.25. The topological polar surface area (TPSA) is 101 Å². The van der Waals surface area contributed by atoms with Gasteiger partial charge in [-0.15, -0.1) is 0 Å². The van der Waals surface area contributed by atoms with E-state index in [0.29, 0.717) is 18.3 Å². The Bertz CT molecular complexity index is 1220. The van der Waals surface area contributed by atoms with Crippen molar-refractivity contribution in [2.45, 2.75) is 108 Å². The second-order valence-corrected chi connectivity index (χ2v) is 12.9. The van der Waals surface area contributed by atoms with Crippen LogP contribution in [0.15, 0.2) is 42.6 Å². The molecule has 2 N–H and O–H groups in total. The van der Waals surface area contributed by atoms with Gasteiger partial charge in [0.1, 0.15) is 6.04 Å². The highest BCUT2D eigenvalue weighted by atomic mass is 16.5. The SMILES string of the molecule is COc1ncc(C2CCCC2)cc1CN[C@H]1[C@H](C(C)(C)OC)[C@@H](C(=O)O)N(C(=O)C2CCCCC2)[C@H]1c1ccccc1. The van der Waals surface area contributed by atoms with Crippen LogP contribution in [0.3, 0.4) is 0 Å². The number of aliphatic carboxylic acids is 1. The summed E-state index contributed by atoms with van der Waals surface area (Å²) < 4.78 is 11.7. The standard InChI is InChI=1S/C34H47N3O5/c1-34(2,42-4)27-28(35-21-26-19-25(20-36-31(26)41-3)22-13-11-12-14-22)29(23-15-7-5-8-16-23)37(30(27)33(39)40)32(38)24-17-9-6-10-18-24/h5,7-8,15-16,19-20,22,24,27-30,35H,6,9-14,17-18,21H2,1-4H3,(H,39,40)/t27-,28-,29-,30-/m0/s1. The van der Waals surface area contributed by atoms with E-state index in [9.17, 15) is 14.7 Å². The largest absolute Gasteiger partial charge is 0.481 e. The van der Waals surface area contributed by atoms with Gasteiger partial charge >= 0.3 is 5.97 Å². The van der Waals surface area contributed by atoms with Gasteiger partial charge in [0.05, 0.1) is 18.8 Å². The van der Waals surface area contributed by atoms with Crippen molar-refractivity contribution in [3.8, 4) is 5.88 Å². The molecule has 2 heterocycles. The summed E-state index contributed by atoms with van der Waals surface area (Å²) in [5.74, 6) is -0.669. The summed E-state index contributed by atoms with van der Waals surface area (Å²) in [6.07, 6.45) is 11.5. The number of pyridine rings is 1. The molecule has 1 aliphatic heterocycles. The lowest BCUT2D eigenvalue weighted by Gasteiger charge is -2.37. The Labute approximate surface area is 250 Å². The van der Waals surface area contributed by atoms with Crippen molar-refractivity contribution in [2.75, 3.05) is 14.2 Å². The number of nitrogens with zero attached hydrogens (tertiary/aromatic N) is 2. The van der Waals surface area contributed by atoms with Crippen molar-refractivity contribution in [1.82, 2.24) is 15.2 Å². The number of hydrogen-bond donors (Lipinski definition) is 2. The van der Waals surface area contributed by atoms with E-state index in [1.165, 1.54) is 31.2 Å². The number of aromatic nitrogens is 1. The fraction of sp³-hybridized carbons (Fsp3) is 0.618. The van der Waals surface area contributed by atoms with Gasteiger partial charge in [0.25, 0.3) is 0 Å². The van der Waals surface area contributed by atoms with Crippen molar-refractivity contribution in [3.63, 3.8) is 0 Å². The fourth-order valence-corrected chi connectivity index (χ4v) is 7.76. The predicted molar refractivity (Wildman–Crippen MR) is 161 cm³/mol. The first kappa shape index (κ1) is 30.5. The highest BCUT2D eigenvalue weighted by Crippen LogP contribution is 2.48. The molecule has 2 aromatic rings. The lowest BCUT2D eigenvalue weighted by atomic mass is 9.79. The van der Waals surface area contributed by atoms with Crippen LogP contribution in [0.2, 0.25) is 0 Å². The number of hydrogen-bond acceptors (Lipinski definition) is 6. The quantitative estimate of drug-likeness (QED) is 0.365. The maximum atomic E-state index is 14.3. The van der Waals surface area contributed by atoms with Crippen LogP contribution in [-0.2, 0) is 20.9 Å². The van der Waals surface area contributed by atoms with Gasteiger partial charge in [0.15, 0.2) is 0 Å². The van der Waals surface area contributed by atoms with Crippen LogP contribution in [0.5, 0.6) is 5.88 Å². The van der Waals surface area contributed by atoms with Gasteiger partial charge in [-0.05, 0) is 62.6 Å². The minimum atomic E-state index is -1.04. The van der Waals surface area contributed by atoms with Crippen molar-refractivity contribution in [3.05, 3.63) is 59.3 Å². The lowest BCUT2D eigenvalue weighted by molar-refractivity contribution is -0.156. The Hall–Kier alpha value is -2.97. The molecule has 1 aromatic heterocycles. The molecular formula is C34H47N3O5. The number of carboxylic acids is 1. The molecule has 8 nitrogen and oxygen atoms in total. The highest BCUT2D eigenvalue weighted by Gasteiger charge is 2.59. The maximum Gasteiger partial charge on any atom is 0.326 e. The first-order valence-electron chi connectivity index (χ1n) is 15.7. The lowest BCUT2D eigenvalue weighted by Crippen LogP contribution is -2.53. The Morgan fingerprint density at radius 1 is 1.00 bits per heavy atom. The second-order valence-electron chi connectivity index (χ2n) is 12.9. The summed E-state index contributed by atoms with van der Waals surface area (Å²) in [5.41, 5.74) is 2.25. The first-order valence-corrected chi connectivity index (χ1v) is 15.7. The van der Waals surface area contributed by atoms with Crippen molar-refractivity contribution < 1.29 is 24.2 Å². The Morgan fingerprint density at radius 3 is 2.29 bits per heavy atom. The molecule has 2 saturated carbocycles. The molecule has 1 aromatic carbocycles. The molecule has 228 valence electrons. The van der Waals surface area contributed by atoms with E-state index < -0.39 is 35.6 Å². The highest BCUT2D eigenvalue weighted by molar-refractivity contribution is 5.87. The fourth-order valence-electron chi connectivity index (χ4n) is 7.76. The van der Waals surface area contributed by atoms with E-state index >= 15 is 0 Å². The molecular weight excluding hydrogens is 530 g/mol. The Kier molecular flexibility index (Phi) is 9.53. The number of carbonyl (C=O) groups excluding carboxylic acids is 1. The third-order valence-corrected chi connectivity index (χ3v) is 10.1. The predicted octanol–water partition coefficient (Wildman–Crippen LogP) is 5.86. The molecule has 8 heteroatoms. The molecule has 1 amide bonds. The number of carbonyl (C=O) groups is 2. The molecule has 0 spiro atoms. The summed E-state index contributed by atoms with van der Waals surface area (Å²) >= 11 is 0. The summed E-state index contributed by atoms with van der Waals surface area (Å²) in [6, 6.07) is 10.2. The molecule has 4 atom stereocenters. The number of rotatable bonds is 10. The molecule has 1 saturated heterocycles. The number of ether oxygens (including phenoxy) is 2. The van der Waals surface area contributed by atoms with E-state index in [4.69, 9.17) is 9.47 Å². The maximum absolute atomic E-state index is 14.3. The molecule has 0 radical (unpaired) electrons. The zero-order chi connectivity index (χ0) is 29.9. The number of nitrogens with one attached hydrogen (secondary N) is 1. The number of carboxylic acid groups (broad SMARTS) is 1. The van der Waals surface area contributed by atoms with Gasteiger partial charge in [0.2, 0.25) is 11.8 Å². The zero-order valence-corrected chi connectivity index (χ0v) is 25.6. The van der Waals surface area contributed by atoms with E-state index in [1.807, 2.05) is 50.4 Å². The van der Waals surface area contributed by atoms with Gasteiger partial charge in [0, 0.05) is 43.3 Å². The van der Waals surface area contributed by atoms with Crippen LogP contribution < -0.4 is 10.1 Å². The second kappa shape index (κ2) is 13.1. The monoisotopic (exact) mass is 577 g/mol. The zero-order valence-electron chi connectivity index (χ0n) is 25.6. The Balaban J connectivity index is 1.57. The molecule has 0 bridgehead atoms. The van der Waals surface area contributed by atoms with Crippen molar-refractivity contribution in [1.29, 1.82) is 0 Å².